The Bertz CT molecular complexity index is 249. The van der Waals surface area contributed by atoms with Gasteiger partial charge in [0.15, 0.2) is 0 Å². The van der Waals surface area contributed by atoms with Crippen LogP contribution >= 0.6 is 11.6 Å². The summed E-state index contributed by atoms with van der Waals surface area (Å²) in [5.74, 6) is 0. The van der Waals surface area contributed by atoms with Crippen LogP contribution in [0.1, 0.15) is 5.56 Å². The molecular formula is C7H10ClN3. The summed E-state index contributed by atoms with van der Waals surface area (Å²) in [7, 11) is 1.85. The molecular weight excluding hydrogens is 162 g/mol. The molecule has 0 bridgehead atoms. The van der Waals surface area contributed by atoms with Crippen molar-refractivity contribution in [2.75, 3.05) is 12.8 Å². The van der Waals surface area contributed by atoms with Gasteiger partial charge in [0.1, 0.15) is 5.15 Å². The van der Waals surface area contributed by atoms with E-state index < -0.39 is 0 Å². The molecule has 60 valence electrons. The standard InChI is InChI=1S/C7H10ClN3/c1-10-3-5-2-7(8)11-4-6(5)9/h2,4,10H,3,9H2,1H3. The molecule has 0 saturated heterocycles. The first-order valence-electron chi connectivity index (χ1n) is 3.28. The number of nitrogens with zero attached hydrogens (tertiary/aromatic N) is 1. The Balaban J connectivity index is 2.93. The van der Waals surface area contributed by atoms with Crippen LogP contribution in [0, 0.1) is 0 Å². The molecule has 1 rings (SSSR count). The average molecular weight is 172 g/mol. The lowest BCUT2D eigenvalue weighted by Crippen LogP contribution is -2.07. The number of pyridine rings is 1. The third-order valence-electron chi connectivity index (χ3n) is 1.36. The summed E-state index contributed by atoms with van der Waals surface area (Å²) in [6.45, 7) is 0.716. The van der Waals surface area contributed by atoms with Gasteiger partial charge in [-0.2, -0.15) is 0 Å². The fourth-order valence-corrected chi connectivity index (χ4v) is 1.00. The quantitative estimate of drug-likeness (QED) is 0.654. The summed E-state index contributed by atoms with van der Waals surface area (Å²) in [6, 6.07) is 1.76. The van der Waals surface area contributed by atoms with Gasteiger partial charge < -0.3 is 11.1 Å². The minimum absolute atomic E-state index is 0.476. The molecule has 1 aromatic rings. The van der Waals surface area contributed by atoms with Crippen LogP contribution in [0.5, 0.6) is 0 Å². The number of aromatic nitrogens is 1. The molecule has 4 heteroatoms. The van der Waals surface area contributed by atoms with Gasteiger partial charge in [0, 0.05) is 6.54 Å². The molecule has 0 amide bonds. The molecule has 0 aliphatic carbocycles. The highest BCUT2D eigenvalue weighted by atomic mass is 35.5. The van der Waals surface area contributed by atoms with Crippen LogP contribution in [0.3, 0.4) is 0 Å². The van der Waals surface area contributed by atoms with Gasteiger partial charge in [-0.1, -0.05) is 11.6 Å². The lowest BCUT2D eigenvalue weighted by atomic mass is 10.2. The first kappa shape index (κ1) is 8.30. The Hall–Kier alpha value is -0.800. The van der Waals surface area contributed by atoms with E-state index in [0.717, 1.165) is 5.56 Å². The molecule has 0 unspecified atom stereocenters. The highest BCUT2D eigenvalue weighted by Gasteiger charge is 1.98. The third-order valence-corrected chi connectivity index (χ3v) is 1.57. The minimum Gasteiger partial charge on any atom is -0.397 e. The maximum atomic E-state index is 5.66. The maximum absolute atomic E-state index is 5.66. The molecule has 0 aliphatic heterocycles. The topological polar surface area (TPSA) is 50.9 Å². The molecule has 11 heavy (non-hydrogen) atoms. The summed E-state index contributed by atoms with van der Waals surface area (Å²) < 4.78 is 0. The van der Waals surface area contributed by atoms with Crippen LogP contribution in [0.4, 0.5) is 5.69 Å². The van der Waals surface area contributed by atoms with E-state index in [2.05, 4.69) is 10.3 Å². The molecule has 0 aromatic carbocycles. The fourth-order valence-electron chi connectivity index (χ4n) is 0.822. The van der Waals surface area contributed by atoms with Crippen LogP contribution in [-0.4, -0.2) is 12.0 Å². The number of rotatable bonds is 2. The second kappa shape index (κ2) is 3.55. The van der Waals surface area contributed by atoms with Gasteiger partial charge >= 0.3 is 0 Å². The van der Waals surface area contributed by atoms with Gasteiger partial charge in [0.05, 0.1) is 11.9 Å². The average Bonchev–Trinajstić information content (AvgIpc) is 1.98. The van der Waals surface area contributed by atoms with Gasteiger partial charge in [0.2, 0.25) is 0 Å². The lowest BCUT2D eigenvalue weighted by Gasteiger charge is -2.03. The second-order valence-corrected chi connectivity index (χ2v) is 2.62. The Morgan fingerprint density at radius 2 is 2.45 bits per heavy atom. The van der Waals surface area contributed by atoms with Gasteiger partial charge in [-0.25, -0.2) is 4.98 Å². The van der Waals surface area contributed by atoms with Crippen molar-refractivity contribution >= 4 is 17.3 Å². The number of hydrogen-bond donors (Lipinski definition) is 2. The molecule has 3 nitrogen and oxygen atoms in total. The molecule has 3 N–H and O–H groups in total. The van der Waals surface area contributed by atoms with E-state index in [9.17, 15) is 0 Å². The second-order valence-electron chi connectivity index (χ2n) is 2.24. The van der Waals surface area contributed by atoms with E-state index in [1.165, 1.54) is 0 Å². The van der Waals surface area contributed by atoms with Crippen molar-refractivity contribution in [2.24, 2.45) is 0 Å². The Labute approximate surface area is 70.6 Å². The van der Waals surface area contributed by atoms with E-state index in [1.54, 1.807) is 12.3 Å². The van der Waals surface area contributed by atoms with Crippen LogP contribution in [-0.2, 0) is 6.54 Å². The van der Waals surface area contributed by atoms with E-state index in [4.69, 9.17) is 17.3 Å². The summed E-state index contributed by atoms with van der Waals surface area (Å²) in [4.78, 5) is 3.83. The zero-order chi connectivity index (χ0) is 8.27. The van der Waals surface area contributed by atoms with Crippen LogP contribution in [0.15, 0.2) is 12.3 Å². The monoisotopic (exact) mass is 171 g/mol. The normalized spacial score (nSPS) is 10.0. The van der Waals surface area contributed by atoms with Crippen LogP contribution in [0.25, 0.3) is 0 Å². The molecule has 0 spiro atoms. The molecule has 0 fully saturated rings. The third kappa shape index (κ3) is 2.06. The van der Waals surface area contributed by atoms with Crippen molar-refractivity contribution in [3.05, 3.63) is 23.0 Å². The Morgan fingerprint density at radius 1 is 1.73 bits per heavy atom. The predicted molar refractivity (Wildman–Crippen MR) is 46.4 cm³/mol. The van der Waals surface area contributed by atoms with E-state index in [-0.39, 0.29) is 0 Å². The number of halogens is 1. The summed E-state index contributed by atoms with van der Waals surface area (Å²) in [5, 5.41) is 3.46. The van der Waals surface area contributed by atoms with Gasteiger partial charge in [0.25, 0.3) is 0 Å². The summed E-state index contributed by atoms with van der Waals surface area (Å²) in [6.07, 6.45) is 1.56. The van der Waals surface area contributed by atoms with Crippen molar-refractivity contribution in [3.8, 4) is 0 Å². The molecule has 1 aromatic heterocycles. The van der Waals surface area contributed by atoms with E-state index >= 15 is 0 Å². The van der Waals surface area contributed by atoms with Gasteiger partial charge in [-0.3, -0.25) is 0 Å². The van der Waals surface area contributed by atoms with E-state index in [0.29, 0.717) is 17.4 Å². The number of anilines is 1. The van der Waals surface area contributed by atoms with E-state index in [1.807, 2.05) is 7.05 Å². The molecule has 1 heterocycles. The lowest BCUT2D eigenvalue weighted by molar-refractivity contribution is 0.818. The predicted octanol–water partition coefficient (Wildman–Crippen LogP) is 1.04. The smallest absolute Gasteiger partial charge is 0.129 e. The molecule has 0 radical (unpaired) electrons. The minimum atomic E-state index is 0.476. The van der Waals surface area contributed by atoms with Crippen molar-refractivity contribution in [3.63, 3.8) is 0 Å². The molecule has 0 atom stereocenters. The molecule has 0 saturated carbocycles. The fraction of sp³-hybridized carbons (Fsp3) is 0.286. The Kier molecular flexibility index (Phi) is 2.68. The number of nitrogens with one attached hydrogen (secondary N) is 1. The van der Waals surface area contributed by atoms with Crippen LogP contribution in [0.2, 0.25) is 5.15 Å². The van der Waals surface area contributed by atoms with Crippen molar-refractivity contribution in [1.82, 2.24) is 10.3 Å². The number of hydrogen-bond acceptors (Lipinski definition) is 3. The Morgan fingerprint density at radius 3 is 3.09 bits per heavy atom. The zero-order valence-corrected chi connectivity index (χ0v) is 7.02. The zero-order valence-electron chi connectivity index (χ0n) is 6.26. The summed E-state index contributed by atoms with van der Waals surface area (Å²) in [5.41, 5.74) is 7.26. The number of nitrogen functional groups attached to an aromatic ring is 1. The van der Waals surface area contributed by atoms with Gasteiger partial charge in [-0.15, -0.1) is 0 Å². The van der Waals surface area contributed by atoms with Gasteiger partial charge in [-0.05, 0) is 18.7 Å². The first-order chi connectivity index (χ1) is 5.24. The maximum Gasteiger partial charge on any atom is 0.129 e. The summed E-state index contributed by atoms with van der Waals surface area (Å²) >= 11 is 5.66. The highest BCUT2D eigenvalue weighted by molar-refractivity contribution is 6.29. The largest absolute Gasteiger partial charge is 0.397 e. The SMILES string of the molecule is CNCc1cc(Cl)ncc1N. The van der Waals surface area contributed by atoms with Crippen LogP contribution < -0.4 is 11.1 Å². The molecule has 0 aliphatic rings. The van der Waals surface area contributed by atoms with Crippen molar-refractivity contribution < 1.29 is 0 Å². The first-order valence-corrected chi connectivity index (χ1v) is 3.66. The van der Waals surface area contributed by atoms with Crippen molar-refractivity contribution in [1.29, 1.82) is 0 Å². The highest BCUT2D eigenvalue weighted by Crippen LogP contribution is 2.13. The number of nitrogens with two attached hydrogens (primary N) is 1. The van der Waals surface area contributed by atoms with Crippen molar-refractivity contribution in [2.45, 2.75) is 6.54 Å².